The number of carbonyl (C=O) groups excluding carboxylic acids is 1. The molecule has 2 rings (SSSR count). The van der Waals surface area contributed by atoms with Gasteiger partial charge in [-0.15, -0.1) is 0 Å². The highest BCUT2D eigenvalue weighted by Gasteiger charge is 2.38. The van der Waals surface area contributed by atoms with Crippen molar-refractivity contribution in [1.29, 1.82) is 0 Å². The minimum atomic E-state index is 0.00370. The van der Waals surface area contributed by atoms with Crippen molar-refractivity contribution < 1.29 is 4.79 Å². The summed E-state index contributed by atoms with van der Waals surface area (Å²) in [5, 5.41) is 6.74. The standard InChI is InChI=1S/C16H31N3O/c1-4-8-17-16(20)12(3)19(9-5-2)15-10-13-6-7-14(11-15)18-13/h12-15,18H,4-11H2,1-3H3,(H,17,20). The zero-order valence-corrected chi connectivity index (χ0v) is 13.3. The van der Waals surface area contributed by atoms with Gasteiger partial charge in [0.1, 0.15) is 0 Å². The number of carbonyl (C=O) groups is 1. The van der Waals surface area contributed by atoms with Crippen LogP contribution in [0.2, 0.25) is 0 Å². The van der Waals surface area contributed by atoms with Crippen LogP contribution in [-0.4, -0.2) is 48.1 Å². The molecule has 0 aromatic rings. The largest absolute Gasteiger partial charge is 0.355 e. The number of fused-ring (bicyclic) bond motifs is 2. The van der Waals surface area contributed by atoms with Crippen LogP contribution in [0, 0.1) is 0 Å². The van der Waals surface area contributed by atoms with Crippen LogP contribution in [0.25, 0.3) is 0 Å². The fraction of sp³-hybridized carbons (Fsp3) is 0.938. The molecule has 0 radical (unpaired) electrons. The predicted molar refractivity (Wildman–Crippen MR) is 82.7 cm³/mol. The molecule has 0 aromatic heterocycles. The number of rotatable bonds is 7. The number of nitrogens with one attached hydrogen (secondary N) is 2. The van der Waals surface area contributed by atoms with Gasteiger partial charge in [0.2, 0.25) is 5.91 Å². The highest BCUT2D eigenvalue weighted by molar-refractivity contribution is 5.81. The molecule has 0 spiro atoms. The smallest absolute Gasteiger partial charge is 0.237 e. The molecule has 2 aliphatic rings. The highest BCUT2D eigenvalue weighted by Crippen LogP contribution is 2.30. The van der Waals surface area contributed by atoms with Gasteiger partial charge in [0.05, 0.1) is 6.04 Å². The van der Waals surface area contributed by atoms with Gasteiger partial charge >= 0.3 is 0 Å². The average molecular weight is 281 g/mol. The second kappa shape index (κ2) is 7.41. The Labute approximate surface area is 123 Å². The molecule has 3 unspecified atom stereocenters. The molecular weight excluding hydrogens is 250 g/mol. The second-order valence-electron chi connectivity index (χ2n) is 6.47. The van der Waals surface area contributed by atoms with Gasteiger partial charge in [0.15, 0.2) is 0 Å². The zero-order valence-electron chi connectivity index (χ0n) is 13.3. The van der Waals surface area contributed by atoms with Gasteiger partial charge in [-0.25, -0.2) is 0 Å². The number of hydrogen-bond acceptors (Lipinski definition) is 3. The number of hydrogen-bond donors (Lipinski definition) is 2. The Morgan fingerprint density at radius 3 is 2.45 bits per heavy atom. The van der Waals surface area contributed by atoms with Crippen LogP contribution in [0.3, 0.4) is 0 Å². The molecule has 116 valence electrons. The van der Waals surface area contributed by atoms with Crippen molar-refractivity contribution in [3.05, 3.63) is 0 Å². The van der Waals surface area contributed by atoms with Crippen LogP contribution >= 0.6 is 0 Å². The monoisotopic (exact) mass is 281 g/mol. The van der Waals surface area contributed by atoms with Crippen molar-refractivity contribution in [3.63, 3.8) is 0 Å². The first-order valence-electron chi connectivity index (χ1n) is 8.45. The van der Waals surface area contributed by atoms with Gasteiger partial charge in [0, 0.05) is 24.7 Å². The molecule has 2 aliphatic heterocycles. The molecule has 2 saturated heterocycles. The lowest BCUT2D eigenvalue weighted by atomic mass is 9.96. The topological polar surface area (TPSA) is 44.4 Å². The van der Waals surface area contributed by atoms with Crippen LogP contribution in [0.4, 0.5) is 0 Å². The Hall–Kier alpha value is -0.610. The van der Waals surface area contributed by atoms with E-state index in [9.17, 15) is 4.79 Å². The molecule has 2 N–H and O–H groups in total. The third kappa shape index (κ3) is 3.73. The Balaban J connectivity index is 1.96. The van der Waals surface area contributed by atoms with E-state index in [1.54, 1.807) is 0 Å². The minimum absolute atomic E-state index is 0.00370. The summed E-state index contributed by atoms with van der Waals surface area (Å²) in [7, 11) is 0. The fourth-order valence-electron chi connectivity index (χ4n) is 3.80. The quantitative estimate of drug-likeness (QED) is 0.749. The normalized spacial score (nSPS) is 30.5. The summed E-state index contributed by atoms with van der Waals surface area (Å²) in [4.78, 5) is 14.7. The number of amides is 1. The molecule has 0 saturated carbocycles. The Bertz CT molecular complexity index is 309. The van der Waals surface area contributed by atoms with Crippen LogP contribution in [0.5, 0.6) is 0 Å². The Kier molecular flexibility index (Phi) is 5.85. The average Bonchev–Trinajstić information content (AvgIpc) is 2.80. The molecular formula is C16H31N3O. The van der Waals surface area contributed by atoms with Crippen molar-refractivity contribution in [3.8, 4) is 0 Å². The summed E-state index contributed by atoms with van der Waals surface area (Å²) < 4.78 is 0. The van der Waals surface area contributed by atoms with Crippen LogP contribution < -0.4 is 10.6 Å². The highest BCUT2D eigenvalue weighted by atomic mass is 16.2. The van der Waals surface area contributed by atoms with E-state index in [0.717, 1.165) is 25.9 Å². The SMILES string of the molecule is CCCNC(=O)C(C)N(CCC)C1CC2CCC(C1)N2. The van der Waals surface area contributed by atoms with Crippen LogP contribution in [-0.2, 0) is 4.79 Å². The van der Waals surface area contributed by atoms with E-state index >= 15 is 0 Å². The van der Waals surface area contributed by atoms with Crippen molar-refractivity contribution in [1.82, 2.24) is 15.5 Å². The van der Waals surface area contributed by atoms with Crippen molar-refractivity contribution in [2.45, 2.75) is 83.5 Å². The van der Waals surface area contributed by atoms with E-state index in [4.69, 9.17) is 0 Å². The molecule has 2 heterocycles. The first-order chi connectivity index (χ1) is 9.65. The van der Waals surface area contributed by atoms with E-state index in [1.165, 1.54) is 25.7 Å². The van der Waals surface area contributed by atoms with E-state index in [-0.39, 0.29) is 11.9 Å². The third-order valence-corrected chi connectivity index (χ3v) is 4.83. The maximum Gasteiger partial charge on any atom is 0.237 e. The van der Waals surface area contributed by atoms with E-state index in [2.05, 4.69) is 36.3 Å². The van der Waals surface area contributed by atoms with E-state index in [1.807, 2.05) is 0 Å². The van der Waals surface area contributed by atoms with E-state index in [0.29, 0.717) is 18.1 Å². The molecule has 2 fully saturated rings. The lowest BCUT2D eigenvalue weighted by Crippen LogP contribution is -2.55. The van der Waals surface area contributed by atoms with Crippen molar-refractivity contribution in [2.75, 3.05) is 13.1 Å². The molecule has 0 aromatic carbocycles. The molecule has 0 aliphatic carbocycles. The van der Waals surface area contributed by atoms with Gasteiger partial charge < -0.3 is 10.6 Å². The molecule has 4 nitrogen and oxygen atoms in total. The summed E-state index contributed by atoms with van der Waals surface area (Å²) in [6, 6.07) is 1.95. The number of piperidine rings is 1. The molecule has 20 heavy (non-hydrogen) atoms. The van der Waals surface area contributed by atoms with Gasteiger partial charge in [-0.1, -0.05) is 13.8 Å². The summed E-state index contributed by atoms with van der Waals surface area (Å²) in [5.41, 5.74) is 0. The first-order valence-corrected chi connectivity index (χ1v) is 8.45. The van der Waals surface area contributed by atoms with Gasteiger partial charge in [-0.2, -0.15) is 0 Å². The maximum absolute atomic E-state index is 12.3. The van der Waals surface area contributed by atoms with Gasteiger partial charge in [-0.3, -0.25) is 9.69 Å². The van der Waals surface area contributed by atoms with Crippen molar-refractivity contribution >= 4 is 5.91 Å². The number of nitrogens with zero attached hydrogens (tertiary/aromatic N) is 1. The summed E-state index contributed by atoms with van der Waals surface area (Å²) in [5.74, 6) is 0.200. The summed E-state index contributed by atoms with van der Waals surface area (Å²) >= 11 is 0. The van der Waals surface area contributed by atoms with Gasteiger partial charge in [-0.05, 0) is 52.0 Å². The van der Waals surface area contributed by atoms with E-state index < -0.39 is 0 Å². The Morgan fingerprint density at radius 2 is 1.90 bits per heavy atom. The Morgan fingerprint density at radius 1 is 1.25 bits per heavy atom. The lowest BCUT2D eigenvalue weighted by Gasteiger charge is -2.40. The predicted octanol–water partition coefficient (Wildman–Crippen LogP) is 1.90. The maximum atomic E-state index is 12.3. The van der Waals surface area contributed by atoms with Crippen molar-refractivity contribution in [2.24, 2.45) is 0 Å². The van der Waals surface area contributed by atoms with Gasteiger partial charge in [0.25, 0.3) is 0 Å². The lowest BCUT2D eigenvalue weighted by molar-refractivity contribution is -0.127. The zero-order chi connectivity index (χ0) is 14.5. The third-order valence-electron chi connectivity index (χ3n) is 4.83. The first kappa shape index (κ1) is 15.8. The molecule has 4 heteroatoms. The summed E-state index contributed by atoms with van der Waals surface area (Å²) in [6.07, 6.45) is 7.17. The molecule has 1 amide bonds. The fourth-order valence-corrected chi connectivity index (χ4v) is 3.80. The second-order valence-corrected chi connectivity index (χ2v) is 6.47. The summed E-state index contributed by atoms with van der Waals surface area (Å²) in [6.45, 7) is 8.20. The van der Waals surface area contributed by atoms with Crippen LogP contribution in [0.15, 0.2) is 0 Å². The van der Waals surface area contributed by atoms with Crippen LogP contribution in [0.1, 0.15) is 59.3 Å². The molecule has 2 bridgehead atoms. The molecule has 3 atom stereocenters. The minimum Gasteiger partial charge on any atom is -0.355 e.